The van der Waals surface area contributed by atoms with Crippen molar-refractivity contribution in [2.24, 2.45) is 17.6 Å². The van der Waals surface area contributed by atoms with E-state index in [1.807, 2.05) is 0 Å². The Hall–Kier alpha value is -6.19. The molecule has 0 bridgehead atoms. The second-order valence-corrected chi connectivity index (χ2v) is 12.4. The molecule has 6 rings (SSSR count). The molecule has 15 heteroatoms. The SMILES string of the molecule is C[C@H]1c2c(N(NC(=O)OCc3ccccc3)C(=O)OCc3ccccc3)ccc(O)c2C(O)=C2C(=O)[C@]3(O)C(O)=C(C(N)=O)C(=O)C[C@@H]3[C@@H](O)[C@@H]21. The van der Waals surface area contributed by atoms with Crippen LogP contribution in [-0.4, -0.2) is 66.9 Å². The van der Waals surface area contributed by atoms with E-state index in [1.165, 1.54) is 13.0 Å². The lowest BCUT2D eigenvalue weighted by atomic mass is 9.55. The number of carbonyl (C=O) groups is 5. The number of nitrogens with two attached hydrogens (primary N) is 1. The maximum absolute atomic E-state index is 14.0. The van der Waals surface area contributed by atoms with Crippen molar-refractivity contribution in [1.82, 2.24) is 5.43 Å². The van der Waals surface area contributed by atoms with E-state index in [9.17, 15) is 49.5 Å². The highest BCUT2D eigenvalue weighted by Gasteiger charge is 2.65. The van der Waals surface area contributed by atoms with Crippen LogP contribution in [0.1, 0.15) is 41.5 Å². The summed E-state index contributed by atoms with van der Waals surface area (Å²) in [5.74, 6) is -10.9. The standard InChI is InChI=1S/C36H33N3O12/c1-17-24-21(39(35(48)51-16-19-10-6-3-7-11-19)38-34(47)50-15-18-8-4-2-5-9-18)12-13-22(40)26(24)30(43)28-25(17)29(42)20-14-23(41)27(33(37)46)31(44)36(20,49)32(28)45/h2-13,17,20,25,29,40,42-44,49H,14-16H2,1H3,(H2,37,46)(H,38,47)/t17-,20+,25+,29+,36+/m0/s1. The highest BCUT2D eigenvalue weighted by molar-refractivity contribution is 6.23. The molecule has 0 saturated heterocycles. The number of ether oxygens (including phenoxy) is 2. The van der Waals surface area contributed by atoms with Crippen molar-refractivity contribution in [3.8, 4) is 5.75 Å². The lowest BCUT2D eigenvalue weighted by Gasteiger charge is -2.50. The van der Waals surface area contributed by atoms with Crippen LogP contribution in [0.3, 0.4) is 0 Å². The van der Waals surface area contributed by atoms with Crippen LogP contribution in [0, 0.1) is 11.8 Å². The van der Waals surface area contributed by atoms with E-state index in [2.05, 4.69) is 5.43 Å². The predicted molar refractivity (Wildman–Crippen MR) is 176 cm³/mol. The van der Waals surface area contributed by atoms with Gasteiger partial charge in [0.05, 0.1) is 17.4 Å². The second-order valence-electron chi connectivity index (χ2n) is 12.4. The number of carbonyl (C=O) groups excluding carboxylic acids is 5. The molecule has 0 unspecified atom stereocenters. The van der Waals surface area contributed by atoms with Crippen LogP contribution in [0.15, 0.2) is 89.7 Å². The molecular formula is C36H33N3O12. The number of aliphatic hydroxyl groups is 4. The molecule has 264 valence electrons. The van der Waals surface area contributed by atoms with Gasteiger partial charge in [-0.2, -0.15) is 5.01 Å². The zero-order valence-corrected chi connectivity index (χ0v) is 27.0. The maximum atomic E-state index is 14.0. The van der Waals surface area contributed by atoms with Crippen molar-refractivity contribution in [3.05, 3.63) is 112 Å². The Morgan fingerprint density at radius 1 is 0.922 bits per heavy atom. The van der Waals surface area contributed by atoms with Gasteiger partial charge in [-0.3, -0.25) is 14.4 Å². The smallest absolute Gasteiger partial charge is 0.433 e. The first-order valence-electron chi connectivity index (χ1n) is 15.8. The number of aliphatic hydroxyl groups excluding tert-OH is 3. The molecule has 0 aliphatic heterocycles. The summed E-state index contributed by atoms with van der Waals surface area (Å²) in [4.78, 5) is 65.7. The van der Waals surface area contributed by atoms with E-state index >= 15 is 0 Å². The minimum absolute atomic E-state index is 0.0433. The van der Waals surface area contributed by atoms with Crippen molar-refractivity contribution in [2.45, 2.75) is 44.2 Å². The molecule has 0 aromatic heterocycles. The van der Waals surface area contributed by atoms with Crippen molar-refractivity contribution >= 4 is 41.1 Å². The van der Waals surface area contributed by atoms with Gasteiger partial charge in [-0.25, -0.2) is 15.0 Å². The minimum atomic E-state index is -3.03. The Kier molecular flexibility index (Phi) is 9.01. The average molecular weight is 700 g/mol. The van der Waals surface area contributed by atoms with Crippen molar-refractivity contribution < 1.29 is 59.0 Å². The number of nitrogens with zero attached hydrogens (tertiary/aromatic N) is 1. The molecule has 0 radical (unpaired) electrons. The van der Waals surface area contributed by atoms with Gasteiger partial charge in [-0.15, -0.1) is 0 Å². The number of fused-ring (bicyclic) bond motifs is 3. The fraction of sp³-hybridized carbons (Fsp3) is 0.250. The molecule has 3 aromatic rings. The minimum Gasteiger partial charge on any atom is -0.508 e. The number of amides is 3. The molecule has 1 fully saturated rings. The lowest BCUT2D eigenvalue weighted by molar-refractivity contribution is -0.160. The van der Waals surface area contributed by atoms with Crippen LogP contribution in [0.25, 0.3) is 5.76 Å². The van der Waals surface area contributed by atoms with Gasteiger partial charge < -0.3 is 40.7 Å². The third-order valence-corrected chi connectivity index (χ3v) is 9.50. The van der Waals surface area contributed by atoms with E-state index in [0.29, 0.717) is 16.1 Å². The number of ketones is 2. The number of primary amides is 1. The molecule has 0 spiro atoms. The molecule has 15 nitrogen and oxygen atoms in total. The summed E-state index contributed by atoms with van der Waals surface area (Å²) in [6.07, 6.45) is -4.81. The summed E-state index contributed by atoms with van der Waals surface area (Å²) in [6.45, 7) is 1.08. The molecular weight excluding hydrogens is 666 g/mol. The number of Topliss-reactive ketones (excluding diaryl/α,β-unsaturated/α-hetero) is 2. The van der Waals surface area contributed by atoms with Crippen LogP contribution in [0.5, 0.6) is 5.75 Å². The fourth-order valence-corrected chi connectivity index (χ4v) is 7.09. The summed E-state index contributed by atoms with van der Waals surface area (Å²) in [7, 11) is 0. The Balaban J connectivity index is 1.44. The highest BCUT2D eigenvalue weighted by atomic mass is 16.6. The number of hydrazine groups is 1. The van der Waals surface area contributed by atoms with E-state index in [4.69, 9.17) is 15.2 Å². The van der Waals surface area contributed by atoms with E-state index in [-0.39, 0.29) is 24.5 Å². The Morgan fingerprint density at radius 2 is 1.51 bits per heavy atom. The van der Waals surface area contributed by atoms with Crippen LogP contribution >= 0.6 is 0 Å². The van der Waals surface area contributed by atoms with Gasteiger partial charge in [-0.05, 0) is 34.7 Å². The van der Waals surface area contributed by atoms with Gasteiger partial charge in [0.15, 0.2) is 11.4 Å². The Morgan fingerprint density at radius 3 is 2.10 bits per heavy atom. The number of phenols is 1. The third kappa shape index (κ3) is 5.81. The number of nitrogens with one attached hydrogen (secondary N) is 1. The largest absolute Gasteiger partial charge is 0.508 e. The molecule has 0 heterocycles. The fourth-order valence-electron chi connectivity index (χ4n) is 7.09. The molecule has 3 amide bonds. The Labute approximate surface area is 289 Å². The van der Waals surface area contributed by atoms with Gasteiger partial charge in [0.25, 0.3) is 5.91 Å². The summed E-state index contributed by atoms with van der Waals surface area (Å²) in [6, 6.07) is 19.6. The van der Waals surface area contributed by atoms with Crippen LogP contribution < -0.4 is 16.2 Å². The summed E-state index contributed by atoms with van der Waals surface area (Å²) >= 11 is 0. The Bertz CT molecular complexity index is 2010. The van der Waals surface area contributed by atoms with E-state index in [0.717, 1.165) is 6.07 Å². The molecule has 3 aliphatic carbocycles. The van der Waals surface area contributed by atoms with Gasteiger partial charge >= 0.3 is 12.2 Å². The summed E-state index contributed by atoms with van der Waals surface area (Å²) in [5, 5.41) is 57.5. The molecule has 8 N–H and O–H groups in total. The normalized spacial score (nSPS) is 23.8. The third-order valence-electron chi connectivity index (χ3n) is 9.50. The topological polar surface area (TPSA) is 246 Å². The van der Waals surface area contributed by atoms with Gasteiger partial charge in [0.1, 0.15) is 36.1 Å². The van der Waals surface area contributed by atoms with Crippen LogP contribution in [0.2, 0.25) is 0 Å². The first-order valence-corrected chi connectivity index (χ1v) is 15.8. The molecule has 1 saturated carbocycles. The lowest BCUT2D eigenvalue weighted by Crippen LogP contribution is -2.64. The number of hydrogen-bond donors (Lipinski definition) is 7. The highest BCUT2D eigenvalue weighted by Crippen LogP contribution is 2.57. The van der Waals surface area contributed by atoms with E-state index in [1.54, 1.807) is 60.7 Å². The summed E-state index contributed by atoms with van der Waals surface area (Å²) in [5.41, 5.74) is 3.56. The van der Waals surface area contributed by atoms with Gasteiger partial charge in [-0.1, -0.05) is 67.6 Å². The number of anilines is 1. The van der Waals surface area contributed by atoms with Crippen molar-refractivity contribution in [2.75, 3.05) is 5.01 Å². The predicted octanol–water partition coefficient (Wildman–Crippen LogP) is 2.94. The van der Waals surface area contributed by atoms with Crippen LogP contribution in [-0.2, 0) is 37.1 Å². The van der Waals surface area contributed by atoms with Crippen molar-refractivity contribution in [1.29, 1.82) is 0 Å². The number of rotatable bonds is 6. The van der Waals surface area contributed by atoms with Gasteiger partial charge in [0, 0.05) is 23.8 Å². The number of benzene rings is 3. The zero-order chi connectivity index (χ0) is 36.8. The molecule has 3 aliphatic rings. The number of aromatic hydroxyl groups is 1. The quantitative estimate of drug-likeness (QED) is 0.145. The summed E-state index contributed by atoms with van der Waals surface area (Å²) < 4.78 is 10.8. The molecule has 51 heavy (non-hydrogen) atoms. The maximum Gasteiger partial charge on any atom is 0.433 e. The van der Waals surface area contributed by atoms with Crippen LogP contribution in [0.4, 0.5) is 15.3 Å². The van der Waals surface area contributed by atoms with E-state index < -0.39 is 99.5 Å². The monoisotopic (exact) mass is 699 g/mol. The average Bonchev–Trinajstić information content (AvgIpc) is 3.11. The number of phenolic OH excluding ortho intramolecular Hbond substituents is 1. The van der Waals surface area contributed by atoms with Crippen molar-refractivity contribution in [3.63, 3.8) is 0 Å². The first-order chi connectivity index (χ1) is 24.3. The zero-order valence-electron chi connectivity index (χ0n) is 27.0. The number of hydrogen-bond acceptors (Lipinski definition) is 12. The first kappa shape index (κ1) is 34.7. The van der Waals surface area contributed by atoms with Gasteiger partial charge in [0.2, 0.25) is 5.78 Å². The molecule has 5 atom stereocenters. The molecule has 3 aromatic carbocycles. The second kappa shape index (κ2) is 13.3.